The Bertz CT molecular complexity index is 743. The second-order valence-electron chi connectivity index (χ2n) is 6.67. The molecule has 2 heterocycles. The van der Waals surface area contributed by atoms with Crippen LogP contribution in [0.3, 0.4) is 0 Å². The van der Waals surface area contributed by atoms with Crippen molar-refractivity contribution in [3.8, 4) is 5.88 Å². The molecule has 2 N–H and O–H groups in total. The van der Waals surface area contributed by atoms with Crippen molar-refractivity contribution in [1.82, 2.24) is 30.4 Å². The fourth-order valence-corrected chi connectivity index (χ4v) is 3.24. The molecule has 1 aliphatic carbocycles. The summed E-state index contributed by atoms with van der Waals surface area (Å²) in [5.41, 5.74) is 1.12. The minimum atomic E-state index is 0. The molecule has 2 aromatic heterocycles. The van der Waals surface area contributed by atoms with Gasteiger partial charge in [0.25, 0.3) is 0 Å². The molecule has 1 saturated carbocycles. The summed E-state index contributed by atoms with van der Waals surface area (Å²) in [6.45, 7) is 4.28. The van der Waals surface area contributed by atoms with E-state index in [2.05, 4.69) is 42.3 Å². The number of rotatable bonds is 8. The Labute approximate surface area is 183 Å². The van der Waals surface area contributed by atoms with Gasteiger partial charge in [0.1, 0.15) is 18.3 Å². The fraction of sp³-hybridized carbons (Fsp3) is 0.579. The van der Waals surface area contributed by atoms with Gasteiger partial charge in [-0.05, 0) is 37.3 Å². The first-order valence-corrected chi connectivity index (χ1v) is 9.71. The first-order valence-electron chi connectivity index (χ1n) is 9.71. The van der Waals surface area contributed by atoms with Gasteiger partial charge in [0, 0.05) is 45.4 Å². The molecular weight excluding hydrogens is 469 g/mol. The van der Waals surface area contributed by atoms with Gasteiger partial charge in [0.15, 0.2) is 5.96 Å². The summed E-state index contributed by atoms with van der Waals surface area (Å²) in [5.74, 6) is 2.46. The number of guanidine groups is 1. The first kappa shape index (κ1) is 22.4. The molecule has 28 heavy (non-hydrogen) atoms. The molecule has 0 atom stereocenters. The zero-order chi connectivity index (χ0) is 18.9. The van der Waals surface area contributed by atoms with E-state index in [1.807, 2.05) is 12.1 Å². The number of nitrogens with one attached hydrogen (secondary N) is 2. The van der Waals surface area contributed by atoms with Crippen LogP contribution in [0.4, 0.5) is 0 Å². The monoisotopic (exact) mass is 499 g/mol. The standard InChI is InChI=1S/C19H29N7O.HI/c1-3-17-25-24-14-26(17)11-10-22-19(20-2)23-13-15-8-9-21-18(12-15)27-16-6-4-5-7-16;/h8-9,12,14,16H,3-7,10-11,13H2,1-2H3,(H2,20,22,23);1H. The lowest BCUT2D eigenvalue weighted by Crippen LogP contribution is -2.38. The largest absolute Gasteiger partial charge is 0.474 e. The topological polar surface area (TPSA) is 89.2 Å². The Morgan fingerprint density at radius 2 is 2.14 bits per heavy atom. The summed E-state index contributed by atoms with van der Waals surface area (Å²) >= 11 is 0. The van der Waals surface area contributed by atoms with Crippen molar-refractivity contribution in [2.24, 2.45) is 4.99 Å². The molecule has 154 valence electrons. The molecule has 9 heteroatoms. The van der Waals surface area contributed by atoms with Crippen LogP contribution in [0.25, 0.3) is 0 Å². The zero-order valence-electron chi connectivity index (χ0n) is 16.6. The van der Waals surface area contributed by atoms with Crippen LogP contribution < -0.4 is 15.4 Å². The van der Waals surface area contributed by atoms with Crippen LogP contribution in [0, 0.1) is 0 Å². The summed E-state index contributed by atoms with van der Waals surface area (Å²) in [5, 5.41) is 14.7. The van der Waals surface area contributed by atoms with Gasteiger partial charge in [-0.2, -0.15) is 0 Å². The molecule has 8 nitrogen and oxygen atoms in total. The molecule has 0 amide bonds. The van der Waals surface area contributed by atoms with Gasteiger partial charge in [-0.3, -0.25) is 4.99 Å². The Kier molecular flexibility index (Phi) is 9.45. The third-order valence-electron chi connectivity index (χ3n) is 4.73. The van der Waals surface area contributed by atoms with Crippen LogP contribution in [-0.4, -0.2) is 45.4 Å². The van der Waals surface area contributed by atoms with E-state index in [9.17, 15) is 0 Å². The van der Waals surface area contributed by atoms with Crippen molar-refractivity contribution in [2.45, 2.75) is 58.2 Å². The molecule has 0 spiro atoms. The predicted molar refractivity (Wildman–Crippen MR) is 120 cm³/mol. The first-order chi connectivity index (χ1) is 13.3. The number of hydrogen-bond acceptors (Lipinski definition) is 5. The molecular formula is C19H30IN7O. The number of halogens is 1. The van der Waals surface area contributed by atoms with Crippen molar-refractivity contribution in [2.75, 3.05) is 13.6 Å². The highest BCUT2D eigenvalue weighted by Crippen LogP contribution is 2.23. The zero-order valence-corrected chi connectivity index (χ0v) is 18.9. The van der Waals surface area contributed by atoms with Crippen LogP contribution >= 0.6 is 24.0 Å². The number of aromatic nitrogens is 4. The number of aliphatic imine (C=N–C) groups is 1. The smallest absolute Gasteiger partial charge is 0.213 e. The molecule has 0 saturated heterocycles. The number of hydrogen-bond donors (Lipinski definition) is 2. The van der Waals surface area contributed by atoms with Crippen molar-refractivity contribution < 1.29 is 4.74 Å². The fourth-order valence-electron chi connectivity index (χ4n) is 3.24. The Hall–Kier alpha value is -1.91. The molecule has 0 aliphatic heterocycles. The van der Waals surface area contributed by atoms with Gasteiger partial charge in [0.05, 0.1) is 0 Å². The number of ether oxygens (including phenoxy) is 1. The minimum absolute atomic E-state index is 0. The highest BCUT2D eigenvalue weighted by atomic mass is 127. The molecule has 1 aliphatic rings. The lowest BCUT2D eigenvalue weighted by atomic mass is 10.2. The third kappa shape index (κ3) is 6.61. The van der Waals surface area contributed by atoms with E-state index in [0.29, 0.717) is 18.5 Å². The Morgan fingerprint density at radius 1 is 1.32 bits per heavy atom. The predicted octanol–water partition coefficient (Wildman–Crippen LogP) is 2.54. The summed E-state index contributed by atoms with van der Waals surface area (Å²) < 4.78 is 8.03. The third-order valence-corrected chi connectivity index (χ3v) is 4.73. The maximum absolute atomic E-state index is 5.98. The normalized spacial score (nSPS) is 14.6. The molecule has 1 fully saturated rings. The quantitative estimate of drug-likeness (QED) is 0.330. The summed E-state index contributed by atoms with van der Waals surface area (Å²) in [6.07, 6.45) is 9.53. The lowest BCUT2D eigenvalue weighted by Gasteiger charge is -2.14. The average Bonchev–Trinajstić information content (AvgIpc) is 3.36. The van der Waals surface area contributed by atoms with Crippen LogP contribution in [0.1, 0.15) is 44.0 Å². The molecule has 0 unspecified atom stereocenters. The van der Waals surface area contributed by atoms with Crippen LogP contribution in [0.2, 0.25) is 0 Å². The van der Waals surface area contributed by atoms with Gasteiger partial charge < -0.3 is 19.9 Å². The van der Waals surface area contributed by atoms with E-state index in [1.54, 1.807) is 19.6 Å². The van der Waals surface area contributed by atoms with Crippen LogP contribution in [-0.2, 0) is 19.5 Å². The van der Waals surface area contributed by atoms with Gasteiger partial charge >= 0.3 is 0 Å². The van der Waals surface area contributed by atoms with E-state index in [-0.39, 0.29) is 24.0 Å². The number of pyridine rings is 1. The van der Waals surface area contributed by atoms with Gasteiger partial charge in [-0.15, -0.1) is 34.2 Å². The van der Waals surface area contributed by atoms with E-state index < -0.39 is 0 Å². The molecule has 3 rings (SSSR count). The van der Waals surface area contributed by atoms with E-state index in [4.69, 9.17) is 4.74 Å². The maximum Gasteiger partial charge on any atom is 0.213 e. The molecule has 0 aromatic carbocycles. The van der Waals surface area contributed by atoms with Crippen molar-refractivity contribution in [1.29, 1.82) is 0 Å². The van der Waals surface area contributed by atoms with Crippen molar-refractivity contribution in [3.05, 3.63) is 36.0 Å². The summed E-state index contributed by atoms with van der Waals surface area (Å²) in [6, 6.07) is 4.00. The van der Waals surface area contributed by atoms with Gasteiger partial charge in [0.2, 0.25) is 5.88 Å². The SMILES string of the molecule is CCc1nncn1CCNC(=NC)NCc1ccnc(OC2CCCC2)c1.I. The van der Waals surface area contributed by atoms with E-state index in [0.717, 1.165) is 49.7 Å². The maximum atomic E-state index is 5.98. The highest BCUT2D eigenvalue weighted by molar-refractivity contribution is 14.0. The summed E-state index contributed by atoms with van der Waals surface area (Å²) in [4.78, 5) is 8.61. The minimum Gasteiger partial charge on any atom is -0.474 e. The number of aryl methyl sites for hydroxylation is 1. The highest BCUT2D eigenvalue weighted by Gasteiger charge is 2.17. The Balaban J connectivity index is 0.00000280. The Morgan fingerprint density at radius 3 is 2.89 bits per heavy atom. The average molecular weight is 499 g/mol. The second kappa shape index (κ2) is 11.8. The van der Waals surface area contributed by atoms with E-state index >= 15 is 0 Å². The van der Waals surface area contributed by atoms with Crippen molar-refractivity contribution in [3.63, 3.8) is 0 Å². The van der Waals surface area contributed by atoms with Crippen LogP contribution in [0.5, 0.6) is 5.88 Å². The number of nitrogens with zero attached hydrogens (tertiary/aromatic N) is 5. The van der Waals surface area contributed by atoms with E-state index in [1.165, 1.54) is 12.8 Å². The molecule has 0 radical (unpaired) electrons. The van der Waals surface area contributed by atoms with Gasteiger partial charge in [-0.1, -0.05) is 6.92 Å². The van der Waals surface area contributed by atoms with Gasteiger partial charge in [-0.25, -0.2) is 4.98 Å². The molecule has 2 aromatic rings. The lowest BCUT2D eigenvalue weighted by molar-refractivity contribution is 0.201. The molecule has 0 bridgehead atoms. The summed E-state index contributed by atoms with van der Waals surface area (Å²) in [7, 11) is 1.77. The van der Waals surface area contributed by atoms with Crippen molar-refractivity contribution >= 4 is 29.9 Å². The second-order valence-corrected chi connectivity index (χ2v) is 6.67. The van der Waals surface area contributed by atoms with Crippen LogP contribution in [0.15, 0.2) is 29.6 Å².